The van der Waals surface area contributed by atoms with E-state index in [0.717, 1.165) is 29.8 Å². The molecule has 3 heterocycles. The van der Waals surface area contributed by atoms with E-state index in [-0.39, 0.29) is 12.6 Å². The first-order chi connectivity index (χ1) is 13.0. The van der Waals surface area contributed by atoms with Gasteiger partial charge < -0.3 is 10.6 Å². The molecule has 0 bridgehead atoms. The van der Waals surface area contributed by atoms with Gasteiger partial charge in [0.1, 0.15) is 5.01 Å². The predicted molar refractivity (Wildman–Crippen MR) is 103 cm³/mol. The molecule has 0 aliphatic carbocycles. The highest BCUT2D eigenvalue weighted by atomic mass is 32.1. The summed E-state index contributed by atoms with van der Waals surface area (Å²) in [5, 5.41) is 9.83. The minimum atomic E-state index is -4.40. The summed E-state index contributed by atoms with van der Waals surface area (Å²) >= 11 is 2.72. The highest BCUT2D eigenvalue weighted by Gasteiger charge is 2.33. The number of thiazole rings is 1. The lowest BCUT2D eigenvalue weighted by atomic mass is 10.2. The molecule has 0 saturated carbocycles. The molecular weight excluding hydrogens is 395 g/mol. The van der Waals surface area contributed by atoms with Crippen LogP contribution in [0, 0.1) is 0 Å². The van der Waals surface area contributed by atoms with E-state index in [1.807, 2.05) is 0 Å². The maximum atomic E-state index is 12.6. The number of nitrogens with one attached hydrogen (secondary N) is 2. The van der Waals surface area contributed by atoms with Crippen LogP contribution >= 0.6 is 22.7 Å². The number of aliphatic imine (C=N–C) groups is 1. The number of alkyl halides is 3. The van der Waals surface area contributed by atoms with Crippen LogP contribution in [0.2, 0.25) is 0 Å². The second kappa shape index (κ2) is 9.03. The Morgan fingerprint density at radius 1 is 1.30 bits per heavy atom. The van der Waals surface area contributed by atoms with Crippen LogP contribution in [0.5, 0.6) is 0 Å². The maximum Gasteiger partial charge on any atom is 0.434 e. The van der Waals surface area contributed by atoms with Gasteiger partial charge in [0.25, 0.3) is 0 Å². The van der Waals surface area contributed by atoms with Crippen molar-refractivity contribution in [3.63, 3.8) is 0 Å². The van der Waals surface area contributed by atoms with E-state index in [4.69, 9.17) is 0 Å². The molecule has 2 aromatic rings. The third kappa shape index (κ3) is 5.43. The molecule has 0 spiro atoms. The molecule has 2 aromatic heterocycles. The zero-order valence-corrected chi connectivity index (χ0v) is 16.6. The van der Waals surface area contributed by atoms with Crippen LogP contribution in [0.4, 0.5) is 13.2 Å². The van der Waals surface area contributed by atoms with Crippen molar-refractivity contribution < 1.29 is 13.2 Å². The smallest absolute Gasteiger partial charge is 0.354 e. The number of hydrogen-bond donors (Lipinski definition) is 2. The Morgan fingerprint density at radius 3 is 2.67 bits per heavy atom. The lowest BCUT2D eigenvalue weighted by Crippen LogP contribution is -2.42. The first-order valence-corrected chi connectivity index (χ1v) is 10.5. The Balaban J connectivity index is 1.55. The van der Waals surface area contributed by atoms with E-state index in [1.165, 1.54) is 17.7 Å². The Kier molecular flexibility index (Phi) is 6.72. The summed E-state index contributed by atoms with van der Waals surface area (Å²) in [6, 6.07) is 4.46. The van der Waals surface area contributed by atoms with Gasteiger partial charge in [-0.2, -0.15) is 13.2 Å². The average molecular weight is 418 g/mol. The van der Waals surface area contributed by atoms with Crippen molar-refractivity contribution in [3.8, 4) is 0 Å². The van der Waals surface area contributed by atoms with Gasteiger partial charge in [0, 0.05) is 23.8 Å². The number of rotatable bonds is 6. The normalized spacial score (nSPS) is 17.3. The second-order valence-electron chi connectivity index (χ2n) is 6.21. The van der Waals surface area contributed by atoms with E-state index in [2.05, 4.69) is 43.0 Å². The third-order valence-corrected chi connectivity index (χ3v) is 6.21. The van der Waals surface area contributed by atoms with Gasteiger partial charge in [-0.3, -0.25) is 9.89 Å². The van der Waals surface area contributed by atoms with E-state index < -0.39 is 11.9 Å². The minimum absolute atomic E-state index is 0.202. The van der Waals surface area contributed by atoms with E-state index in [9.17, 15) is 13.2 Å². The van der Waals surface area contributed by atoms with Gasteiger partial charge in [-0.25, -0.2) is 4.98 Å². The number of hydrogen-bond acceptors (Lipinski definition) is 5. The molecule has 1 aliphatic heterocycles. The van der Waals surface area contributed by atoms with Gasteiger partial charge in [0.2, 0.25) is 0 Å². The fraction of sp³-hybridized carbons (Fsp3) is 0.529. The summed E-state index contributed by atoms with van der Waals surface area (Å²) in [7, 11) is 1.65. The highest BCUT2D eigenvalue weighted by Crippen LogP contribution is 2.30. The summed E-state index contributed by atoms with van der Waals surface area (Å²) in [5.74, 6) is 0.555. The molecule has 27 heavy (non-hydrogen) atoms. The van der Waals surface area contributed by atoms with Crippen molar-refractivity contribution in [2.45, 2.75) is 31.6 Å². The van der Waals surface area contributed by atoms with Crippen molar-refractivity contribution >= 4 is 28.6 Å². The molecule has 3 rings (SSSR count). The first-order valence-electron chi connectivity index (χ1n) is 8.71. The minimum Gasteiger partial charge on any atom is -0.354 e. The van der Waals surface area contributed by atoms with Crippen molar-refractivity contribution in [1.29, 1.82) is 0 Å². The van der Waals surface area contributed by atoms with Gasteiger partial charge in [-0.05, 0) is 37.4 Å². The van der Waals surface area contributed by atoms with Crippen molar-refractivity contribution in [1.82, 2.24) is 20.5 Å². The molecule has 10 heteroatoms. The fourth-order valence-electron chi connectivity index (χ4n) is 3.04. The summed E-state index contributed by atoms with van der Waals surface area (Å²) in [4.78, 5) is 11.6. The lowest BCUT2D eigenvalue weighted by Gasteiger charge is -2.27. The Bertz CT molecular complexity index is 736. The van der Waals surface area contributed by atoms with Crippen molar-refractivity contribution in [2.75, 3.05) is 26.7 Å². The summed E-state index contributed by atoms with van der Waals surface area (Å²) in [6.45, 7) is 3.05. The zero-order valence-electron chi connectivity index (χ0n) is 14.9. The van der Waals surface area contributed by atoms with Crippen LogP contribution in [0.15, 0.2) is 27.9 Å². The molecule has 0 aromatic carbocycles. The number of halogens is 3. The Morgan fingerprint density at radius 2 is 2.07 bits per heavy atom. The van der Waals surface area contributed by atoms with Gasteiger partial charge in [-0.1, -0.05) is 6.07 Å². The number of guanidine groups is 1. The molecule has 0 amide bonds. The van der Waals surface area contributed by atoms with Gasteiger partial charge in [-0.15, -0.1) is 22.7 Å². The molecule has 148 valence electrons. The quantitative estimate of drug-likeness (QED) is 0.556. The molecule has 5 nitrogen and oxygen atoms in total. The van der Waals surface area contributed by atoms with E-state index in [1.54, 1.807) is 18.4 Å². The zero-order chi connectivity index (χ0) is 19.3. The molecular formula is C17H22F3N5S2. The summed E-state index contributed by atoms with van der Waals surface area (Å²) in [5.41, 5.74) is -0.848. The van der Waals surface area contributed by atoms with Crippen LogP contribution in [0.1, 0.15) is 34.5 Å². The molecule has 1 aliphatic rings. The van der Waals surface area contributed by atoms with Crippen LogP contribution < -0.4 is 10.6 Å². The van der Waals surface area contributed by atoms with Crippen LogP contribution in [-0.4, -0.2) is 42.5 Å². The van der Waals surface area contributed by atoms with Crippen LogP contribution in [-0.2, 0) is 12.7 Å². The van der Waals surface area contributed by atoms with E-state index in [0.29, 0.717) is 17.5 Å². The SMILES string of the molecule is CN=C(NCc1nc(C(F)(F)F)cs1)NCC(c1cccs1)N1CCCC1. The largest absolute Gasteiger partial charge is 0.434 e. The molecule has 2 N–H and O–H groups in total. The molecule has 1 fully saturated rings. The number of nitrogens with zero attached hydrogens (tertiary/aromatic N) is 3. The second-order valence-corrected chi connectivity index (χ2v) is 8.13. The number of aromatic nitrogens is 1. The van der Waals surface area contributed by atoms with Gasteiger partial charge in [0.15, 0.2) is 11.7 Å². The third-order valence-electron chi connectivity index (χ3n) is 4.39. The standard InChI is InChI=1S/C17H22F3N5S2/c1-21-16(23-10-15-24-14(11-27-15)17(18,19)20)22-9-12(13-5-4-8-26-13)25-6-2-3-7-25/h4-5,8,11-12H,2-3,6-7,9-10H2,1H3,(H2,21,22,23). The average Bonchev–Trinajstić information content (AvgIpc) is 3.40. The monoisotopic (exact) mass is 417 g/mol. The predicted octanol–water partition coefficient (Wildman–Crippen LogP) is 3.73. The van der Waals surface area contributed by atoms with Gasteiger partial charge in [0.05, 0.1) is 12.6 Å². The molecule has 0 radical (unpaired) electrons. The molecule has 1 saturated heterocycles. The number of likely N-dealkylation sites (tertiary alicyclic amines) is 1. The van der Waals surface area contributed by atoms with Gasteiger partial charge >= 0.3 is 6.18 Å². The maximum absolute atomic E-state index is 12.6. The van der Waals surface area contributed by atoms with Crippen molar-refractivity contribution in [2.24, 2.45) is 4.99 Å². The first kappa shape index (κ1) is 20.1. The van der Waals surface area contributed by atoms with Crippen LogP contribution in [0.25, 0.3) is 0 Å². The topological polar surface area (TPSA) is 52.6 Å². The highest BCUT2D eigenvalue weighted by molar-refractivity contribution is 7.10. The van der Waals surface area contributed by atoms with Crippen LogP contribution in [0.3, 0.4) is 0 Å². The fourth-order valence-corrected chi connectivity index (χ4v) is 4.64. The lowest BCUT2D eigenvalue weighted by molar-refractivity contribution is -0.140. The summed E-state index contributed by atoms with van der Waals surface area (Å²) < 4.78 is 37.9. The molecule has 1 unspecified atom stereocenters. The van der Waals surface area contributed by atoms with E-state index >= 15 is 0 Å². The number of thiophene rings is 1. The molecule has 1 atom stereocenters. The Hall–Kier alpha value is -1.65. The Labute approximate surface area is 164 Å². The summed E-state index contributed by atoms with van der Waals surface area (Å²) in [6.07, 6.45) is -1.99. The van der Waals surface area contributed by atoms with Crippen molar-refractivity contribution in [3.05, 3.63) is 38.5 Å².